The topological polar surface area (TPSA) is 63.7 Å². The molecular formula is C19H18F3NO4S. The van der Waals surface area contributed by atoms with Gasteiger partial charge >= 0.3 is 10.2 Å². The van der Waals surface area contributed by atoms with E-state index in [-0.39, 0.29) is 24.2 Å². The van der Waals surface area contributed by atoms with E-state index in [1.54, 1.807) is 4.90 Å². The average molecular weight is 413 g/mol. The number of piperidine rings is 1. The lowest BCUT2D eigenvalue weighted by Gasteiger charge is -2.32. The molecule has 0 unspecified atom stereocenters. The maximum atomic E-state index is 13.7. The number of hydrogen-bond donors (Lipinski definition) is 0. The lowest BCUT2D eigenvalue weighted by molar-refractivity contribution is -0.132. The van der Waals surface area contributed by atoms with Gasteiger partial charge in [-0.1, -0.05) is 12.1 Å². The van der Waals surface area contributed by atoms with Crippen LogP contribution in [0.15, 0.2) is 47.4 Å². The number of halogens is 3. The van der Waals surface area contributed by atoms with Gasteiger partial charge in [0.15, 0.2) is 11.6 Å². The van der Waals surface area contributed by atoms with Crippen LogP contribution in [-0.4, -0.2) is 38.4 Å². The molecule has 0 aliphatic carbocycles. The molecule has 1 heterocycles. The van der Waals surface area contributed by atoms with E-state index in [2.05, 4.69) is 0 Å². The highest BCUT2D eigenvalue weighted by Crippen LogP contribution is 2.23. The summed E-state index contributed by atoms with van der Waals surface area (Å²) in [6.07, 6.45) is 0.784. The van der Waals surface area contributed by atoms with Gasteiger partial charge in [-0.25, -0.2) is 8.78 Å². The van der Waals surface area contributed by atoms with Gasteiger partial charge < -0.3 is 9.64 Å². The van der Waals surface area contributed by atoms with E-state index in [1.807, 2.05) is 0 Å². The highest BCUT2D eigenvalue weighted by molar-refractivity contribution is 7.86. The highest BCUT2D eigenvalue weighted by atomic mass is 32.3. The van der Waals surface area contributed by atoms with Crippen LogP contribution in [0.25, 0.3) is 0 Å². The Hall–Kier alpha value is -2.55. The first-order valence-electron chi connectivity index (χ1n) is 8.65. The Morgan fingerprint density at radius 2 is 1.71 bits per heavy atom. The van der Waals surface area contributed by atoms with Crippen LogP contribution in [0.1, 0.15) is 18.4 Å². The molecule has 1 fully saturated rings. The van der Waals surface area contributed by atoms with Crippen molar-refractivity contribution in [2.75, 3.05) is 13.1 Å². The van der Waals surface area contributed by atoms with E-state index < -0.39 is 26.8 Å². The quantitative estimate of drug-likeness (QED) is 0.706. The third-order valence-corrected chi connectivity index (χ3v) is 5.38. The van der Waals surface area contributed by atoms with Crippen LogP contribution in [0, 0.1) is 11.6 Å². The minimum Gasteiger partial charge on any atom is -0.487 e. The Kier molecular flexibility index (Phi) is 5.93. The molecule has 1 saturated heterocycles. The van der Waals surface area contributed by atoms with Crippen LogP contribution in [0.3, 0.4) is 0 Å². The van der Waals surface area contributed by atoms with E-state index >= 15 is 0 Å². The first-order chi connectivity index (χ1) is 13.2. The number of amides is 1. The van der Waals surface area contributed by atoms with Crippen molar-refractivity contribution in [2.45, 2.75) is 30.3 Å². The van der Waals surface area contributed by atoms with Gasteiger partial charge in [-0.15, -0.1) is 3.89 Å². The second-order valence-electron chi connectivity index (χ2n) is 6.53. The molecular weight excluding hydrogens is 395 g/mol. The van der Waals surface area contributed by atoms with Crippen molar-refractivity contribution < 1.29 is 30.6 Å². The summed E-state index contributed by atoms with van der Waals surface area (Å²) in [5.41, 5.74) is 0.573. The van der Waals surface area contributed by atoms with E-state index in [0.717, 1.165) is 24.3 Å². The maximum absolute atomic E-state index is 13.7. The maximum Gasteiger partial charge on any atom is 0.332 e. The number of ether oxygens (including phenoxy) is 1. The first-order valence-corrected chi connectivity index (χ1v) is 10.0. The first kappa shape index (κ1) is 20.2. The Bertz CT molecular complexity index is 956. The normalized spacial score (nSPS) is 15.5. The molecule has 0 radical (unpaired) electrons. The lowest BCUT2D eigenvalue weighted by atomic mass is 10.1. The van der Waals surface area contributed by atoms with Gasteiger partial charge in [0.25, 0.3) is 0 Å². The largest absolute Gasteiger partial charge is 0.487 e. The van der Waals surface area contributed by atoms with Gasteiger partial charge in [0.05, 0.1) is 11.3 Å². The number of carbonyl (C=O) groups excluding carboxylic acids is 1. The summed E-state index contributed by atoms with van der Waals surface area (Å²) in [5, 5.41) is 0. The summed E-state index contributed by atoms with van der Waals surface area (Å²) in [4.78, 5) is 13.6. The molecule has 0 saturated carbocycles. The molecule has 0 N–H and O–H groups in total. The van der Waals surface area contributed by atoms with Crippen LogP contribution < -0.4 is 4.74 Å². The Morgan fingerprint density at radius 3 is 2.29 bits per heavy atom. The number of hydrogen-bond acceptors (Lipinski definition) is 4. The molecule has 0 atom stereocenters. The summed E-state index contributed by atoms with van der Waals surface area (Å²) in [6, 6.07) is 8.16. The van der Waals surface area contributed by atoms with Crippen molar-refractivity contribution in [1.82, 2.24) is 4.90 Å². The predicted octanol–water partition coefficient (Wildman–Crippen LogP) is 3.24. The molecule has 1 amide bonds. The monoisotopic (exact) mass is 413 g/mol. The molecule has 28 heavy (non-hydrogen) atoms. The molecule has 5 nitrogen and oxygen atoms in total. The van der Waals surface area contributed by atoms with Gasteiger partial charge in [0, 0.05) is 32.0 Å². The molecule has 0 spiro atoms. The third kappa shape index (κ3) is 5.03. The zero-order chi connectivity index (χ0) is 20.3. The van der Waals surface area contributed by atoms with Crippen molar-refractivity contribution in [2.24, 2.45) is 0 Å². The molecule has 2 aromatic carbocycles. The fraction of sp³-hybridized carbons (Fsp3) is 0.316. The smallest absolute Gasteiger partial charge is 0.332 e. The summed E-state index contributed by atoms with van der Waals surface area (Å²) < 4.78 is 66.7. The number of likely N-dealkylation sites (tertiary alicyclic amines) is 1. The van der Waals surface area contributed by atoms with Crippen molar-refractivity contribution >= 4 is 16.1 Å². The standard InChI is InChI=1S/C19H18F3NO4S/c20-14-3-6-18(17(21)12-14)27-15-7-9-23(10-8-15)19(24)11-13-1-4-16(5-2-13)28(22,25)26/h1-6,12,15H,7-11H2. The lowest BCUT2D eigenvalue weighted by Crippen LogP contribution is -2.42. The average Bonchev–Trinajstić information content (AvgIpc) is 2.64. The van der Waals surface area contributed by atoms with Gasteiger partial charge in [-0.05, 0) is 29.8 Å². The van der Waals surface area contributed by atoms with E-state index in [9.17, 15) is 25.9 Å². The Morgan fingerprint density at radius 1 is 1.07 bits per heavy atom. The van der Waals surface area contributed by atoms with Crippen LogP contribution in [0.2, 0.25) is 0 Å². The number of nitrogens with zero attached hydrogens (tertiary/aromatic N) is 1. The fourth-order valence-corrected chi connectivity index (χ4v) is 3.49. The highest BCUT2D eigenvalue weighted by Gasteiger charge is 2.25. The number of rotatable bonds is 5. The van der Waals surface area contributed by atoms with Crippen molar-refractivity contribution in [3.8, 4) is 5.75 Å². The molecule has 3 rings (SSSR count). The van der Waals surface area contributed by atoms with Gasteiger partial charge in [0.1, 0.15) is 11.9 Å². The van der Waals surface area contributed by atoms with E-state index in [0.29, 0.717) is 31.5 Å². The molecule has 1 aliphatic rings. The molecule has 1 aliphatic heterocycles. The SMILES string of the molecule is O=C(Cc1ccc(S(=O)(=O)F)cc1)N1CCC(Oc2ccc(F)cc2F)CC1. The minimum absolute atomic E-state index is 0.0194. The molecule has 150 valence electrons. The second kappa shape index (κ2) is 8.22. The van der Waals surface area contributed by atoms with E-state index in [1.165, 1.54) is 18.2 Å². The van der Waals surface area contributed by atoms with Gasteiger partial charge in [-0.2, -0.15) is 8.42 Å². The summed E-state index contributed by atoms with van der Waals surface area (Å²) in [7, 11) is -4.76. The fourth-order valence-electron chi connectivity index (χ4n) is 3.03. The summed E-state index contributed by atoms with van der Waals surface area (Å²) >= 11 is 0. The van der Waals surface area contributed by atoms with E-state index in [4.69, 9.17) is 4.74 Å². The van der Waals surface area contributed by atoms with Crippen molar-refractivity contribution in [1.29, 1.82) is 0 Å². The van der Waals surface area contributed by atoms with Gasteiger partial charge in [0.2, 0.25) is 5.91 Å². The third-order valence-electron chi connectivity index (χ3n) is 4.54. The Labute approximate surface area is 160 Å². The number of carbonyl (C=O) groups is 1. The second-order valence-corrected chi connectivity index (χ2v) is 7.88. The zero-order valence-corrected chi connectivity index (χ0v) is 15.6. The molecule has 0 aromatic heterocycles. The van der Waals surface area contributed by atoms with Crippen LogP contribution in [0.4, 0.5) is 12.7 Å². The molecule has 9 heteroatoms. The summed E-state index contributed by atoms with van der Waals surface area (Å²) in [6.45, 7) is 0.840. The van der Waals surface area contributed by atoms with Crippen LogP contribution >= 0.6 is 0 Å². The number of benzene rings is 2. The summed E-state index contributed by atoms with van der Waals surface area (Å²) in [5.74, 6) is -1.61. The van der Waals surface area contributed by atoms with Gasteiger partial charge in [-0.3, -0.25) is 4.79 Å². The van der Waals surface area contributed by atoms with Crippen molar-refractivity contribution in [3.05, 3.63) is 59.7 Å². The Balaban J connectivity index is 1.52. The minimum atomic E-state index is -4.76. The molecule has 0 bridgehead atoms. The predicted molar refractivity (Wildman–Crippen MR) is 95.0 cm³/mol. The zero-order valence-electron chi connectivity index (χ0n) is 14.8. The van der Waals surface area contributed by atoms with Crippen LogP contribution in [-0.2, 0) is 21.4 Å². The van der Waals surface area contributed by atoms with Crippen LogP contribution in [0.5, 0.6) is 5.75 Å². The van der Waals surface area contributed by atoms with Crippen molar-refractivity contribution in [3.63, 3.8) is 0 Å². The molecule has 2 aromatic rings.